The number of thiophene rings is 1. The Morgan fingerprint density at radius 1 is 1.40 bits per heavy atom. The number of hydrogen-bond acceptors (Lipinski definition) is 3. The van der Waals surface area contributed by atoms with Gasteiger partial charge in [0.25, 0.3) is 0 Å². The quantitative estimate of drug-likeness (QED) is 0.771. The summed E-state index contributed by atoms with van der Waals surface area (Å²) in [6.07, 6.45) is 3.39. The Morgan fingerprint density at radius 3 is 2.93 bits per heavy atom. The number of hydrogen-bond donors (Lipinski definition) is 0. The zero-order valence-corrected chi connectivity index (χ0v) is 10.2. The molecule has 2 nitrogen and oxygen atoms in total. The average molecular weight is 262 g/mol. The second kappa shape index (κ2) is 5.01. The van der Waals surface area contributed by atoms with Gasteiger partial charge in [0.2, 0.25) is 0 Å². The van der Waals surface area contributed by atoms with E-state index < -0.39 is 0 Å². The lowest BCUT2D eigenvalue weighted by molar-refractivity contribution is 0.504. The zero-order valence-electron chi connectivity index (χ0n) is 7.87. The molecule has 2 aromatic rings. The first kappa shape index (κ1) is 11.0. The molecule has 0 saturated carbocycles. The van der Waals surface area contributed by atoms with Gasteiger partial charge >= 0.3 is 0 Å². The third kappa shape index (κ3) is 2.74. The van der Waals surface area contributed by atoms with Crippen LogP contribution in [0.3, 0.4) is 0 Å². The van der Waals surface area contributed by atoms with Gasteiger partial charge < -0.3 is 4.42 Å². The van der Waals surface area contributed by atoms with E-state index in [1.807, 2.05) is 12.1 Å². The Labute approximate surface area is 102 Å². The van der Waals surface area contributed by atoms with Crippen LogP contribution in [0.25, 0.3) is 10.6 Å². The summed E-state index contributed by atoms with van der Waals surface area (Å²) in [5.74, 6) is 2.13. The summed E-state index contributed by atoms with van der Waals surface area (Å²) in [5.41, 5.74) is 0. The Bertz CT molecular complexity index is 438. The molecule has 0 radical (unpaired) electrons. The number of halogens is 2. The average Bonchev–Trinajstić information content (AvgIpc) is 2.83. The van der Waals surface area contributed by atoms with Crippen molar-refractivity contribution in [2.45, 2.75) is 12.8 Å². The first-order valence-corrected chi connectivity index (χ1v) is 6.29. The molecule has 0 saturated heterocycles. The highest BCUT2D eigenvalue weighted by molar-refractivity contribution is 7.19. The van der Waals surface area contributed by atoms with Crippen LogP contribution >= 0.6 is 34.5 Å². The minimum absolute atomic E-state index is 0.628. The van der Waals surface area contributed by atoms with Crippen molar-refractivity contribution in [1.29, 1.82) is 0 Å². The second-order valence-corrected chi connectivity index (χ2v) is 5.11. The third-order valence-electron chi connectivity index (χ3n) is 1.89. The maximum absolute atomic E-state index is 5.84. The number of rotatable bonds is 4. The van der Waals surface area contributed by atoms with E-state index in [1.165, 1.54) is 11.3 Å². The predicted molar refractivity (Wildman–Crippen MR) is 63.9 cm³/mol. The molecule has 0 bridgehead atoms. The van der Waals surface area contributed by atoms with Gasteiger partial charge in [-0.2, -0.15) is 0 Å². The molecule has 0 aliphatic rings. The lowest BCUT2D eigenvalue weighted by Crippen LogP contribution is -1.84. The van der Waals surface area contributed by atoms with Crippen LogP contribution in [0.1, 0.15) is 12.3 Å². The van der Waals surface area contributed by atoms with Gasteiger partial charge in [0, 0.05) is 12.3 Å². The van der Waals surface area contributed by atoms with Gasteiger partial charge in [0.1, 0.15) is 0 Å². The van der Waals surface area contributed by atoms with Crippen molar-refractivity contribution >= 4 is 34.5 Å². The largest absolute Gasteiger partial charge is 0.440 e. The van der Waals surface area contributed by atoms with Gasteiger partial charge in [-0.3, -0.25) is 0 Å². The highest BCUT2D eigenvalue weighted by atomic mass is 35.5. The van der Waals surface area contributed by atoms with Crippen molar-refractivity contribution in [1.82, 2.24) is 4.98 Å². The van der Waals surface area contributed by atoms with E-state index in [4.69, 9.17) is 27.6 Å². The van der Waals surface area contributed by atoms with Crippen LogP contribution in [0.2, 0.25) is 4.34 Å². The van der Waals surface area contributed by atoms with Crippen molar-refractivity contribution < 1.29 is 4.42 Å². The van der Waals surface area contributed by atoms with Crippen LogP contribution in [0.4, 0.5) is 0 Å². The first-order chi connectivity index (χ1) is 7.29. The summed E-state index contributed by atoms with van der Waals surface area (Å²) >= 11 is 12.9. The summed E-state index contributed by atoms with van der Waals surface area (Å²) in [4.78, 5) is 5.18. The number of oxazole rings is 1. The van der Waals surface area contributed by atoms with Crippen molar-refractivity contribution in [3.8, 4) is 10.6 Å². The molecule has 0 N–H and O–H groups in total. The fourth-order valence-corrected chi connectivity index (χ4v) is 2.33. The van der Waals surface area contributed by atoms with E-state index in [2.05, 4.69) is 4.98 Å². The Morgan fingerprint density at radius 2 is 2.27 bits per heavy atom. The Balaban J connectivity index is 2.13. The van der Waals surface area contributed by atoms with E-state index in [0.717, 1.165) is 33.7 Å². The predicted octanol–water partition coefficient (Wildman–Crippen LogP) is 4.23. The molecule has 0 aliphatic carbocycles. The summed E-state index contributed by atoms with van der Waals surface area (Å²) < 4.78 is 6.32. The highest BCUT2D eigenvalue weighted by Gasteiger charge is 2.08. The first-order valence-electron chi connectivity index (χ1n) is 4.56. The second-order valence-electron chi connectivity index (χ2n) is 3.01. The minimum atomic E-state index is 0.628. The summed E-state index contributed by atoms with van der Waals surface area (Å²) in [6, 6.07) is 3.78. The SMILES string of the molecule is ClCCCc1ncc(-c2ccc(Cl)s2)o1. The molecule has 15 heavy (non-hydrogen) atoms. The van der Waals surface area contributed by atoms with E-state index >= 15 is 0 Å². The fraction of sp³-hybridized carbons (Fsp3) is 0.300. The highest BCUT2D eigenvalue weighted by Crippen LogP contribution is 2.31. The smallest absolute Gasteiger partial charge is 0.194 e. The molecular formula is C10H9Cl2NOS. The molecule has 2 heterocycles. The summed E-state index contributed by atoms with van der Waals surface area (Å²) in [6.45, 7) is 0. The lowest BCUT2D eigenvalue weighted by Gasteiger charge is -1.91. The zero-order chi connectivity index (χ0) is 10.7. The van der Waals surface area contributed by atoms with Gasteiger partial charge in [-0.05, 0) is 18.6 Å². The summed E-state index contributed by atoms with van der Waals surface area (Å²) in [5, 5.41) is 0. The number of alkyl halides is 1. The van der Waals surface area contributed by atoms with Crippen molar-refractivity contribution in [3.63, 3.8) is 0 Å². The molecule has 2 aromatic heterocycles. The van der Waals surface area contributed by atoms with Crippen molar-refractivity contribution in [2.75, 3.05) is 5.88 Å². The van der Waals surface area contributed by atoms with Gasteiger partial charge in [-0.15, -0.1) is 22.9 Å². The maximum atomic E-state index is 5.84. The maximum Gasteiger partial charge on any atom is 0.194 e. The topological polar surface area (TPSA) is 26.0 Å². The Kier molecular flexibility index (Phi) is 3.67. The molecule has 0 atom stereocenters. The standard InChI is InChI=1S/C10H9Cl2NOS/c11-5-1-2-10-13-6-7(14-10)8-3-4-9(12)15-8/h3-4,6H,1-2,5H2. The van der Waals surface area contributed by atoms with Crippen LogP contribution in [0, 0.1) is 0 Å². The van der Waals surface area contributed by atoms with Crippen LogP contribution in [0.15, 0.2) is 22.7 Å². The number of nitrogens with zero attached hydrogens (tertiary/aromatic N) is 1. The van der Waals surface area contributed by atoms with E-state index in [0.29, 0.717) is 5.88 Å². The summed E-state index contributed by atoms with van der Waals surface area (Å²) in [7, 11) is 0. The molecule has 2 rings (SSSR count). The lowest BCUT2D eigenvalue weighted by atomic mass is 10.3. The Hall–Kier alpha value is -0.510. The van der Waals surface area contributed by atoms with E-state index in [9.17, 15) is 0 Å². The van der Waals surface area contributed by atoms with Gasteiger partial charge in [-0.1, -0.05) is 11.6 Å². The molecule has 0 spiro atoms. The molecule has 5 heteroatoms. The fourth-order valence-electron chi connectivity index (χ4n) is 1.20. The van der Waals surface area contributed by atoms with Crippen molar-refractivity contribution in [2.24, 2.45) is 0 Å². The molecule has 0 aliphatic heterocycles. The minimum Gasteiger partial charge on any atom is -0.440 e. The van der Waals surface area contributed by atoms with Crippen LogP contribution in [0.5, 0.6) is 0 Å². The molecule has 0 fully saturated rings. The van der Waals surface area contributed by atoms with Crippen LogP contribution in [-0.2, 0) is 6.42 Å². The number of aryl methyl sites for hydroxylation is 1. The molecule has 0 amide bonds. The molecular weight excluding hydrogens is 253 g/mol. The molecule has 0 aromatic carbocycles. The van der Waals surface area contributed by atoms with Gasteiger partial charge in [0.15, 0.2) is 11.7 Å². The third-order valence-corrected chi connectivity index (χ3v) is 3.41. The van der Waals surface area contributed by atoms with Gasteiger partial charge in [0.05, 0.1) is 15.4 Å². The van der Waals surface area contributed by atoms with E-state index in [-0.39, 0.29) is 0 Å². The number of aromatic nitrogens is 1. The van der Waals surface area contributed by atoms with E-state index in [1.54, 1.807) is 6.20 Å². The normalized spacial score (nSPS) is 10.8. The van der Waals surface area contributed by atoms with Crippen LogP contribution < -0.4 is 0 Å². The molecule has 0 unspecified atom stereocenters. The monoisotopic (exact) mass is 261 g/mol. The van der Waals surface area contributed by atoms with Gasteiger partial charge in [-0.25, -0.2) is 4.98 Å². The molecule has 80 valence electrons. The van der Waals surface area contributed by atoms with Crippen LogP contribution in [-0.4, -0.2) is 10.9 Å². The van der Waals surface area contributed by atoms with Crippen molar-refractivity contribution in [3.05, 3.63) is 28.6 Å².